The molecule has 7 nitrogen and oxygen atoms in total. The van der Waals surface area contributed by atoms with Crippen molar-refractivity contribution in [2.45, 2.75) is 44.9 Å². The topological polar surface area (TPSA) is 95.9 Å². The van der Waals surface area contributed by atoms with Gasteiger partial charge >= 0.3 is 5.97 Å². The van der Waals surface area contributed by atoms with Crippen LogP contribution in [0.15, 0.2) is 18.2 Å². The van der Waals surface area contributed by atoms with Crippen LogP contribution < -0.4 is 15.0 Å². The summed E-state index contributed by atoms with van der Waals surface area (Å²) in [4.78, 5) is 37.7. The summed E-state index contributed by atoms with van der Waals surface area (Å²) < 4.78 is 5.36. The van der Waals surface area contributed by atoms with E-state index in [0.717, 1.165) is 19.3 Å². The highest BCUT2D eigenvalue weighted by Gasteiger charge is 2.45. The number of aliphatic carboxylic acids is 1. The van der Waals surface area contributed by atoms with E-state index in [1.165, 1.54) is 0 Å². The molecule has 1 saturated carbocycles. The molecule has 3 rings (SSSR count). The number of carboxylic acids is 1. The highest BCUT2D eigenvalue weighted by atomic mass is 16.5. The molecule has 0 unspecified atom stereocenters. The Labute approximate surface area is 152 Å². The van der Waals surface area contributed by atoms with E-state index in [2.05, 4.69) is 5.32 Å². The Bertz CT molecular complexity index is 727. The van der Waals surface area contributed by atoms with Gasteiger partial charge in [-0.15, -0.1) is 0 Å². The molecular formula is C19H24N2O5. The van der Waals surface area contributed by atoms with Gasteiger partial charge in [-0.3, -0.25) is 14.4 Å². The molecule has 2 amide bonds. The van der Waals surface area contributed by atoms with Crippen molar-refractivity contribution in [2.24, 2.45) is 5.41 Å². The van der Waals surface area contributed by atoms with Gasteiger partial charge in [-0.1, -0.05) is 6.42 Å². The third kappa shape index (κ3) is 3.52. The van der Waals surface area contributed by atoms with Crippen LogP contribution in [0, 0.1) is 5.41 Å². The molecule has 140 valence electrons. The van der Waals surface area contributed by atoms with E-state index in [9.17, 15) is 19.5 Å². The molecule has 0 atom stereocenters. The van der Waals surface area contributed by atoms with E-state index < -0.39 is 11.4 Å². The molecule has 2 fully saturated rings. The van der Waals surface area contributed by atoms with E-state index in [-0.39, 0.29) is 18.2 Å². The van der Waals surface area contributed by atoms with Gasteiger partial charge in [0.15, 0.2) is 0 Å². The van der Waals surface area contributed by atoms with Gasteiger partial charge in [-0.2, -0.15) is 0 Å². The lowest BCUT2D eigenvalue weighted by Crippen LogP contribution is -2.41. The lowest BCUT2D eigenvalue weighted by atomic mass is 9.66. The van der Waals surface area contributed by atoms with E-state index in [1.54, 1.807) is 30.2 Å². The van der Waals surface area contributed by atoms with Crippen molar-refractivity contribution in [1.82, 2.24) is 0 Å². The summed E-state index contributed by atoms with van der Waals surface area (Å²) in [6.45, 7) is 0.620. The average Bonchev–Trinajstić information content (AvgIpc) is 2.58. The average molecular weight is 360 g/mol. The summed E-state index contributed by atoms with van der Waals surface area (Å²) in [5.74, 6) is -0.627. The van der Waals surface area contributed by atoms with Crippen LogP contribution in [0.5, 0.6) is 5.75 Å². The van der Waals surface area contributed by atoms with Gasteiger partial charge in [0.2, 0.25) is 11.8 Å². The standard InChI is InChI=1S/C19H24N2O5/c1-26-15-7-6-13(11-14(15)21-10-3-2-5-17(21)23)20-16(22)12-19(18(24)25)8-4-9-19/h6-7,11H,2-5,8-10,12H2,1H3,(H,20,22)(H,24,25). The monoisotopic (exact) mass is 360 g/mol. The largest absolute Gasteiger partial charge is 0.495 e. The molecule has 0 spiro atoms. The molecule has 1 aromatic rings. The fourth-order valence-corrected chi connectivity index (χ4v) is 3.62. The van der Waals surface area contributed by atoms with Crippen molar-refractivity contribution >= 4 is 29.2 Å². The number of carbonyl (C=O) groups is 3. The Morgan fingerprint density at radius 2 is 2.04 bits per heavy atom. The summed E-state index contributed by atoms with van der Waals surface area (Å²) in [6.07, 6.45) is 4.17. The van der Waals surface area contributed by atoms with Crippen molar-refractivity contribution in [3.8, 4) is 5.75 Å². The number of piperidine rings is 1. The molecule has 1 aliphatic carbocycles. The molecular weight excluding hydrogens is 336 g/mol. The maximum atomic E-state index is 12.3. The first-order valence-corrected chi connectivity index (χ1v) is 8.97. The number of benzene rings is 1. The van der Waals surface area contributed by atoms with Gasteiger partial charge < -0.3 is 20.1 Å². The number of carbonyl (C=O) groups excluding carboxylic acids is 2. The van der Waals surface area contributed by atoms with Crippen LogP contribution in [0.3, 0.4) is 0 Å². The summed E-state index contributed by atoms with van der Waals surface area (Å²) >= 11 is 0. The predicted molar refractivity (Wildman–Crippen MR) is 96.4 cm³/mol. The van der Waals surface area contributed by atoms with Gasteiger partial charge in [0.25, 0.3) is 0 Å². The van der Waals surface area contributed by atoms with Crippen LogP contribution >= 0.6 is 0 Å². The van der Waals surface area contributed by atoms with E-state index in [1.807, 2.05) is 0 Å². The molecule has 26 heavy (non-hydrogen) atoms. The van der Waals surface area contributed by atoms with E-state index in [0.29, 0.717) is 42.9 Å². The number of methoxy groups -OCH3 is 1. The number of nitrogens with zero attached hydrogens (tertiary/aromatic N) is 1. The summed E-state index contributed by atoms with van der Waals surface area (Å²) in [5.41, 5.74) is 0.234. The second kappa shape index (κ2) is 7.35. The molecule has 1 saturated heterocycles. The van der Waals surface area contributed by atoms with Crippen molar-refractivity contribution in [1.29, 1.82) is 0 Å². The Balaban J connectivity index is 1.76. The van der Waals surface area contributed by atoms with Crippen LogP contribution in [0.1, 0.15) is 44.9 Å². The summed E-state index contributed by atoms with van der Waals surface area (Å²) in [7, 11) is 1.54. The SMILES string of the molecule is COc1ccc(NC(=O)CC2(C(=O)O)CCC2)cc1N1CCCCC1=O. The van der Waals surface area contributed by atoms with Crippen LogP contribution in [-0.2, 0) is 14.4 Å². The summed E-state index contributed by atoms with van der Waals surface area (Å²) in [6, 6.07) is 5.13. The number of amides is 2. The molecule has 0 aromatic heterocycles. The maximum absolute atomic E-state index is 12.3. The highest BCUT2D eigenvalue weighted by molar-refractivity contribution is 5.98. The van der Waals surface area contributed by atoms with Crippen LogP contribution in [-0.4, -0.2) is 36.5 Å². The molecule has 1 aliphatic heterocycles. The Morgan fingerprint density at radius 3 is 2.62 bits per heavy atom. The Kier molecular flexibility index (Phi) is 5.15. The molecule has 0 bridgehead atoms. The van der Waals surface area contributed by atoms with Gasteiger partial charge in [0, 0.05) is 25.1 Å². The second-order valence-corrected chi connectivity index (χ2v) is 7.05. The van der Waals surface area contributed by atoms with Crippen LogP contribution in [0.25, 0.3) is 0 Å². The van der Waals surface area contributed by atoms with Gasteiger partial charge in [-0.25, -0.2) is 0 Å². The first-order valence-electron chi connectivity index (χ1n) is 8.97. The Morgan fingerprint density at radius 1 is 1.27 bits per heavy atom. The summed E-state index contributed by atoms with van der Waals surface area (Å²) in [5, 5.41) is 12.1. The Hall–Kier alpha value is -2.57. The number of rotatable bonds is 6. The van der Waals surface area contributed by atoms with Crippen molar-refractivity contribution in [3.63, 3.8) is 0 Å². The van der Waals surface area contributed by atoms with Gasteiger partial charge in [0.05, 0.1) is 18.2 Å². The molecule has 1 aromatic carbocycles. The lowest BCUT2D eigenvalue weighted by Gasteiger charge is -2.36. The van der Waals surface area contributed by atoms with Crippen LogP contribution in [0.2, 0.25) is 0 Å². The van der Waals surface area contributed by atoms with Gasteiger partial charge in [-0.05, 0) is 43.9 Å². The zero-order chi connectivity index (χ0) is 18.7. The minimum atomic E-state index is -0.928. The number of hydrogen-bond acceptors (Lipinski definition) is 4. The number of carboxylic acid groups (broad SMARTS) is 1. The van der Waals surface area contributed by atoms with Crippen molar-refractivity contribution in [2.75, 3.05) is 23.9 Å². The lowest BCUT2D eigenvalue weighted by molar-refractivity contribution is -0.157. The molecule has 0 radical (unpaired) electrons. The molecule has 7 heteroatoms. The number of ether oxygens (including phenoxy) is 1. The zero-order valence-corrected chi connectivity index (χ0v) is 14.9. The predicted octanol–water partition coefficient (Wildman–Crippen LogP) is 2.80. The maximum Gasteiger partial charge on any atom is 0.310 e. The van der Waals surface area contributed by atoms with E-state index in [4.69, 9.17) is 4.74 Å². The minimum Gasteiger partial charge on any atom is -0.495 e. The number of nitrogens with one attached hydrogen (secondary N) is 1. The number of hydrogen-bond donors (Lipinski definition) is 2. The molecule has 2 aliphatic rings. The van der Waals surface area contributed by atoms with Gasteiger partial charge in [0.1, 0.15) is 5.75 Å². The zero-order valence-electron chi connectivity index (χ0n) is 14.9. The number of anilines is 2. The first kappa shape index (κ1) is 18.2. The third-order valence-corrected chi connectivity index (χ3v) is 5.34. The second-order valence-electron chi connectivity index (χ2n) is 7.05. The van der Waals surface area contributed by atoms with Crippen molar-refractivity contribution < 1.29 is 24.2 Å². The fraction of sp³-hybridized carbons (Fsp3) is 0.526. The minimum absolute atomic E-state index is 0.0354. The third-order valence-electron chi connectivity index (χ3n) is 5.34. The quantitative estimate of drug-likeness (QED) is 0.813. The van der Waals surface area contributed by atoms with E-state index >= 15 is 0 Å². The first-order chi connectivity index (χ1) is 12.4. The highest BCUT2D eigenvalue weighted by Crippen LogP contribution is 2.44. The molecule has 1 heterocycles. The van der Waals surface area contributed by atoms with Crippen LogP contribution in [0.4, 0.5) is 11.4 Å². The molecule has 2 N–H and O–H groups in total. The fourth-order valence-electron chi connectivity index (χ4n) is 3.62. The smallest absolute Gasteiger partial charge is 0.310 e. The normalized spacial score (nSPS) is 18.8. The van der Waals surface area contributed by atoms with Crippen molar-refractivity contribution in [3.05, 3.63) is 18.2 Å².